The number of aliphatic hydroxyl groups is 1. The summed E-state index contributed by atoms with van der Waals surface area (Å²) in [6.45, 7) is 2.22. The number of aliphatic hydroxyl groups excluding tert-OH is 1. The van der Waals surface area contributed by atoms with Crippen molar-refractivity contribution in [3.63, 3.8) is 0 Å². The van der Waals surface area contributed by atoms with Crippen LogP contribution in [-0.2, 0) is 11.3 Å². The molecule has 0 saturated carbocycles. The van der Waals surface area contributed by atoms with Gasteiger partial charge in [-0.15, -0.1) is 11.3 Å². The molecule has 1 aliphatic rings. The first-order valence-corrected chi connectivity index (χ1v) is 8.69. The first kappa shape index (κ1) is 20.3. The molecule has 144 valence electrons. The molecule has 26 heavy (non-hydrogen) atoms. The number of nitrogens with one attached hydrogen (secondary N) is 1. The van der Waals surface area contributed by atoms with Crippen LogP contribution < -0.4 is 10.9 Å². The van der Waals surface area contributed by atoms with E-state index < -0.39 is 18.2 Å². The van der Waals surface area contributed by atoms with Gasteiger partial charge in [-0.1, -0.05) is 0 Å². The van der Waals surface area contributed by atoms with E-state index in [1.165, 1.54) is 15.9 Å². The molecule has 0 aromatic carbocycles. The highest BCUT2D eigenvalue weighted by molar-refractivity contribution is 7.17. The van der Waals surface area contributed by atoms with Crippen molar-refractivity contribution in [2.24, 2.45) is 5.92 Å². The summed E-state index contributed by atoms with van der Waals surface area (Å²) in [6.07, 6.45) is -2.09. The standard InChI is InChI=1S/C13H17N3O2S.C2HF3O2/c17-11(9-1-4-14-5-2-9)7-16-8-15-10-3-6-19-12(10)13(16)18;3-2(4,5)1(6)7/h3,6,8-9,11,14,17H,1-2,4-5,7H2;(H,6,7). The van der Waals surface area contributed by atoms with Crippen molar-refractivity contribution in [1.29, 1.82) is 0 Å². The van der Waals surface area contributed by atoms with E-state index in [0.717, 1.165) is 31.4 Å². The molecule has 7 nitrogen and oxygen atoms in total. The fourth-order valence-electron chi connectivity index (χ4n) is 2.59. The molecule has 1 aliphatic heterocycles. The number of alkyl halides is 3. The third-order valence-electron chi connectivity index (χ3n) is 3.99. The topological polar surface area (TPSA) is 104 Å². The molecular weight excluding hydrogens is 375 g/mol. The Morgan fingerprint density at radius 2 is 2.04 bits per heavy atom. The number of carboxylic acid groups (broad SMARTS) is 1. The molecule has 2 aromatic rings. The van der Waals surface area contributed by atoms with Crippen LogP contribution in [0.2, 0.25) is 0 Å². The molecular formula is C15H18F3N3O4S. The van der Waals surface area contributed by atoms with Crippen LogP contribution in [0.15, 0.2) is 22.6 Å². The van der Waals surface area contributed by atoms with Crippen molar-refractivity contribution in [2.45, 2.75) is 31.7 Å². The van der Waals surface area contributed by atoms with Gasteiger partial charge in [0.05, 0.1) is 24.5 Å². The molecule has 0 amide bonds. The Hall–Kier alpha value is -1.98. The zero-order chi connectivity index (χ0) is 19.3. The molecule has 11 heteroatoms. The number of piperidine rings is 1. The summed E-state index contributed by atoms with van der Waals surface area (Å²) in [7, 11) is 0. The van der Waals surface area contributed by atoms with Gasteiger partial charge in [-0.3, -0.25) is 9.36 Å². The molecule has 0 aliphatic carbocycles. The van der Waals surface area contributed by atoms with E-state index >= 15 is 0 Å². The van der Waals surface area contributed by atoms with E-state index in [2.05, 4.69) is 10.3 Å². The number of aromatic nitrogens is 2. The largest absolute Gasteiger partial charge is 0.490 e. The Balaban J connectivity index is 0.000000298. The molecule has 1 atom stereocenters. The molecule has 2 aromatic heterocycles. The average molecular weight is 393 g/mol. The van der Waals surface area contributed by atoms with Crippen LogP contribution in [-0.4, -0.2) is 51.1 Å². The zero-order valence-electron chi connectivity index (χ0n) is 13.6. The second kappa shape index (κ2) is 8.60. The molecule has 0 radical (unpaired) electrons. The Morgan fingerprint density at radius 1 is 1.42 bits per heavy atom. The molecule has 1 saturated heterocycles. The molecule has 3 rings (SSSR count). The fourth-order valence-corrected chi connectivity index (χ4v) is 3.38. The van der Waals surface area contributed by atoms with Crippen LogP contribution in [0.1, 0.15) is 12.8 Å². The third kappa shape index (κ3) is 5.26. The number of fused-ring (bicyclic) bond motifs is 1. The number of hydrogen-bond donors (Lipinski definition) is 3. The van der Waals surface area contributed by atoms with Crippen LogP contribution in [0, 0.1) is 5.92 Å². The fraction of sp³-hybridized carbons (Fsp3) is 0.533. The highest BCUT2D eigenvalue weighted by Gasteiger charge is 2.38. The van der Waals surface area contributed by atoms with E-state index in [1.54, 1.807) is 6.33 Å². The predicted octanol–water partition coefficient (Wildman–Crippen LogP) is 1.45. The second-order valence-electron chi connectivity index (χ2n) is 5.79. The summed E-state index contributed by atoms with van der Waals surface area (Å²) in [5.41, 5.74) is 0.690. The maximum atomic E-state index is 12.2. The van der Waals surface area contributed by atoms with E-state index in [0.29, 0.717) is 11.2 Å². The van der Waals surface area contributed by atoms with Gasteiger partial charge in [-0.05, 0) is 43.3 Å². The van der Waals surface area contributed by atoms with Crippen LogP contribution in [0.25, 0.3) is 10.2 Å². The number of nitrogens with zero attached hydrogens (tertiary/aromatic N) is 2. The number of aliphatic carboxylic acids is 1. The number of carboxylic acids is 1. The number of thiophene rings is 1. The number of carbonyl (C=O) groups is 1. The van der Waals surface area contributed by atoms with Crippen LogP contribution in [0.5, 0.6) is 0 Å². The summed E-state index contributed by atoms with van der Waals surface area (Å²) in [5, 5.41) is 22.5. The Bertz CT molecular complexity index is 799. The summed E-state index contributed by atoms with van der Waals surface area (Å²) >= 11 is 1.40. The summed E-state index contributed by atoms with van der Waals surface area (Å²) in [4.78, 5) is 25.4. The number of hydrogen-bond acceptors (Lipinski definition) is 6. The molecule has 1 unspecified atom stereocenters. The number of rotatable bonds is 3. The lowest BCUT2D eigenvalue weighted by atomic mass is 9.92. The molecule has 1 fully saturated rings. The Morgan fingerprint density at radius 3 is 2.62 bits per heavy atom. The van der Waals surface area contributed by atoms with Crippen molar-refractivity contribution in [3.8, 4) is 0 Å². The maximum absolute atomic E-state index is 12.2. The van der Waals surface area contributed by atoms with E-state index in [-0.39, 0.29) is 11.5 Å². The van der Waals surface area contributed by atoms with Gasteiger partial charge in [-0.25, -0.2) is 9.78 Å². The van der Waals surface area contributed by atoms with Crippen LogP contribution >= 0.6 is 11.3 Å². The van der Waals surface area contributed by atoms with Crippen molar-refractivity contribution in [1.82, 2.24) is 14.9 Å². The molecule has 0 spiro atoms. The van der Waals surface area contributed by atoms with E-state index in [9.17, 15) is 23.1 Å². The van der Waals surface area contributed by atoms with Gasteiger partial charge in [0.25, 0.3) is 5.56 Å². The zero-order valence-corrected chi connectivity index (χ0v) is 14.4. The van der Waals surface area contributed by atoms with Crippen molar-refractivity contribution in [3.05, 3.63) is 28.1 Å². The van der Waals surface area contributed by atoms with Crippen molar-refractivity contribution >= 4 is 27.5 Å². The first-order valence-electron chi connectivity index (χ1n) is 7.81. The lowest BCUT2D eigenvalue weighted by Gasteiger charge is -2.27. The Labute approximate surface area is 150 Å². The van der Waals surface area contributed by atoms with Gasteiger partial charge in [-0.2, -0.15) is 13.2 Å². The van der Waals surface area contributed by atoms with Gasteiger partial charge in [0.1, 0.15) is 4.70 Å². The van der Waals surface area contributed by atoms with Gasteiger partial charge >= 0.3 is 12.1 Å². The SMILES string of the molecule is O=C(O)C(F)(F)F.O=c1c2sccc2ncn1CC(O)C1CCNCC1. The predicted molar refractivity (Wildman–Crippen MR) is 89.2 cm³/mol. The second-order valence-corrected chi connectivity index (χ2v) is 6.71. The van der Waals surface area contributed by atoms with Crippen LogP contribution in [0.3, 0.4) is 0 Å². The minimum Gasteiger partial charge on any atom is -0.475 e. The highest BCUT2D eigenvalue weighted by atomic mass is 32.1. The van der Waals surface area contributed by atoms with E-state index in [1.807, 2.05) is 11.4 Å². The molecule has 3 N–H and O–H groups in total. The summed E-state index contributed by atoms with van der Waals surface area (Å²) in [6, 6.07) is 1.84. The van der Waals surface area contributed by atoms with Gasteiger partial charge < -0.3 is 15.5 Å². The molecule has 3 heterocycles. The smallest absolute Gasteiger partial charge is 0.475 e. The molecule has 0 bridgehead atoms. The maximum Gasteiger partial charge on any atom is 0.490 e. The average Bonchev–Trinajstić information content (AvgIpc) is 3.07. The minimum absolute atomic E-state index is 0.0482. The number of halogens is 3. The third-order valence-corrected chi connectivity index (χ3v) is 4.88. The lowest BCUT2D eigenvalue weighted by Crippen LogP contribution is -2.37. The van der Waals surface area contributed by atoms with Gasteiger partial charge in [0.15, 0.2) is 0 Å². The summed E-state index contributed by atoms with van der Waals surface area (Å²) in [5.74, 6) is -2.49. The normalized spacial score (nSPS) is 16.8. The van der Waals surface area contributed by atoms with Gasteiger partial charge in [0, 0.05) is 0 Å². The van der Waals surface area contributed by atoms with Crippen molar-refractivity contribution < 1.29 is 28.2 Å². The van der Waals surface area contributed by atoms with E-state index in [4.69, 9.17) is 9.90 Å². The van der Waals surface area contributed by atoms with Crippen LogP contribution in [0.4, 0.5) is 13.2 Å². The minimum atomic E-state index is -5.08. The van der Waals surface area contributed by atoms with Gasteiger partial charge in [0.2, 0.25) is 0 Å². The van der Waals surface area contributed by atoms with Crippen molar-refractivity contribution in [2.75, 3.05) is 13.1 Å². The summed E-state index contributed by atoms with van der Waals surface area (Å²) < 4.78 is 33.9. The monoisotopic (exact) mass is 393 g/mol. The Kier molecular flexibility index (Phi) is 6.73. The quantitative estimate of drug-likeness (QED) is 0.729. The lowest BCUT2D eigenvalue weighted by molar-refractivity contribution is -0.192. The highest BCUT2D eigenvalue weighted by Crippen LogP contribution is 2.18. The first-order chi connectivity index (χ1) is 12.2.